The summed E-state index contributed by atoms with van der Waals surface area (Å²) in [7, 11) is 0. The number of amides is 1. The Morgan fingerprint density at radius 1 is 0.974 bits per heavy atom. The first-order valence-electron chi connectivity index (χ1n) is 13.5. The van der Waals surface area contributed by atoms with Crippen LogP contribution in [0.25, 0.3) is 0 Å². The predicted molar refractivity (Wildman–Crippen MR) is 145 cm³/mol. The van der Waals surface area contributed by atoms with Crippen LogP contribution in [0.1, 0.15) is 59.0 Å². The van der Waals surface area contributed by atoms with Crippen molar-refractivity contribution in [3.63, 3.8) is 0 Å². The van der Waals surface area contributed by atoms with Crippen LogP contribution in [0.2, 0.25) is 0 Å². The second kappa shape index (κ2) is 11.9. The van der Waals surface area contributed by atoms with Gasteiger partial charge in [-0.25, -0.2) is 4.39 Å². The van der Waals surface area contributed by atoms with E-state index in [0.29, 0.717) is 11.6 Å². The van der Waals surface area contributed by atoms with Gasteiger partial charge in [0.1, 0.15) is 5.82 Å². The minimum absolute atomic E-state index is 0.00897. The molecule has 2 aliphatic rings. The van der Waals surface area contributed by atoms with Crippen molar-refractivity contribution in [2.75, 3.05) is 26.3 Å². The first-order valence-corrected chi connectivity index (χ1v) is 13.5. The van der Waals surface area contributed by atoms with E-state index in [0.717, 1.165) is 67.8 Å². The smallest absolute Gasteiger partial charge is 0.224 e. The molecular formula is C32H34FN3O2. The lowest BCUT2D eigenvalue weighted by Crippen LogP contribution is -2.48. The van der Waals surface area contributed by atoms with Gasteiger partial charge in [0.05, 0.1) is 30.9 Å². The molecular weight excluding hydrogens is 477 g/mol. The molecule has 1 aliphatic carbocycles. The van der Waals surface area contributed by atoms with Crippen LogP contribution in [-0.4, -0.2) is 43.2 Å². The van der Waals surface area contributed by atoms with Gasteiger partial charge in [-0.1, -0.05) is 54.1 Å². The molecule has 196 valence electrons. The van der Waals surface area contributed by atoms with E-state index in [1.165, 1.54) is 12.1 Å². The van der Waals surface area contributed by atoms with Crippen molar-refractivity contribution < 1.29 is 13.9 Å². The van der Waals surface area contributed by atoms with Crippen molar-refractivity contribution in [3.05, 3.63) is 106 Å². The molecule has 1 aliphatic heterocycles. The lowest BCUT2D eigenvalue weighted by Gasteiger charge is -2.42. The Balaban J connectivity index is 1.42. The van der Waals surface area contributed by atoms with Crippen molar-refractivity contribution >= 4 is 5.91 Å². The monoisotopic (exact) mass is 511 g/mol. The fourth-order valence-corrected chi connectivity index (χ4v) is 5.93. The summed E-state index contributed by atoms with van der Waals surface area (Å²) < 4.78 is 19.3. The molecule has 6 heteroatoms. The van der Waals surface area contributed by atoms with Crippen LogP contribution in [0.5, 0.6) is 0 Å². The number of hydrogen-bond acceptors (Lipinski definition) is 4. The highest BCUT2D eigenvalue weighted by atomic mass is 19.1. The third kappa shape index (κ3) is 5.96. The van der Waals surface area contributed by atoms with Gasteiger partial charge in [0, 0.05) is 25.0 Å². The summed E-state index contributed by atoms with van der Waals surface area (Å²) in [6, 6.07) is 24.4. The quantitative estimate of drug-likeness (QED) is 0.475. The van der Waals surface area contributed by atoms with Crippen LogP contribution in [-0.2, 0) is 9.53 Å². The maximum Gasteiger partial charge on any atom is 0.224 e. The van der Waals surface area contributed by atoms with E-state index in [1.54, 1.807) is 12.1 Å². The number of nitrogens with one attached hydrogen (secondary N) is 1. The number of benzene rings is 3. The van der Waals surface area contributed by atoms with Crippen molar-refractivity contribution in [1.29, 1.82) is 5.26 Å². The van der Waals surface area contributed by atoms with Crippen molar-refractivity contribution in [3.8, 4) is 6.07 Å². The van der Waals surface area contributed by atoms with Crippen LogP contribution < -0.4 is 5.32 Å². The predicted octanol–water partition coefficient (Wildman–Crippen LogP) is 5.50. The molecule has 5 rings (SSSR count). The van der Waals surface area contributed by atoms with E-state index in [1.807, 2.05) is 55.5 Å². The summed E-state index contributed by atoms with van der Waals surface area (Å²) in [6.07, 6.45) is 2.62. The molecule has 3 aromatic rings. The Hall–Kier alpha value is -3.53. The van der Waals surface area contributed by atoms with Gasteiger partial charge in [0.15, 0.2) is 0 Å². The third-order valence-corrected chi connectivity index (χ3v) is 8.09. The first kappa shape index (κ1) is 26.1. The highest BCUT2D eigenvalue weighted by molar-refractivity contribution is 5.81. The topological polar surface area (TPSA) is 65.4 Å². The summed E-state index contributed by atoms with van der Waals surface area (Å²) in [6.45, 7) is 5.36. The number of carbonyl (C=O) groups excluding carboxylic acids is 1. The summed E-state index contributed by atoms with van der Waals surface area (Å²) in [5.74, 6) is -0.454. The van der Waals surface area contributed by atoms with E-state index in [4.69, 9.17) is 4.74 Å². The standard InChI is InChI=1S/C32H34FN3O2/c1-22-2-6-25(7-3-22)31(26-10-12-27(33)13-11-26)35-32(37)29-15-14-28(36-16-18-38-19-17-36)20-30(29)24-8-4-23(21-34)5-9-24/h2-13,28-31H,14-20H2,1H3,(H,35,37)/t28-,29-,30+,31?/m1/s1. The Morgan fingerprint density at radius 2 is 1.61 bits per heavy atom. The molecule has 4 atom stereocenters. The Labute approximate surface area is 224 Å². The average molecular weight is 512 g/mol. The van der Waals surface area contributed by atoms with Gasteiger partial charge in [-0.05, 0) is 73.1 Å². The van der Waals surface area contributed by atoms with E-state index in [9.17, 15) is 14.4 Å². The second-order valence-electron chi connectivity index (χ2n) is 10.5. The van der Waals surface area contributed by atoms with Crippen LogP contribution in [0.4, 0.5) is 4.39 Å². The Kier molecular flexibility index (Phi) is 8.17. The number of rotatable bonds is 6. The van der Waals surface area contributed by atoms with Crippen molar-refractivity contribution in [2.24, 2.45) is 5.92 Å². The number of morpholine rings is 1. The number of carbonyl (C=O) groups is 1. The molecule has 5 nitrogen and oxygen atoms in total. The fraction of sp³-hybridized carbons (Fsp3) is 0.375. The van der Waals surface area contributed by atoms with Gasteiger partial charge in [0.25, 0.3) is 0 Å². The van der Waals surface area contributed by atoms with E-state index >= 15 is 0 Å². The molecule has 1 saturated heterocycles. The minimum atomic E-state index is -0.373. The fourth-order valence-electron chi connectivity index (χ4n) is 5.93. The molecule has 0 radical (unpaired) electrons. The molecule has 3 aromatic carbocycles. The number of nitriles is 1. The zero-order valence-corrected chi connectivity index (χ0v) is 21.8. The van der Waals surface area contributed by atoms with Crippen molar-refractivity contribution in [1.82, 2.24) is 10.2 Å². The minimum Gasteiger partial charge on any atom is -0.379 e. The van der Waals surface area contributed by atoms with Gasteiger partial charge in [-0.2, -0.15) is 5.26 Å². The average Bonchev–Trinajstić information content (AvgIpc) is 2.97. The zero-order chi connectivity index (χ0) is 26.5. The normalized spacial score (nSPS) is 22.8. The van der Waals surface area contributed by atoms with Crippen LogP contribution in [0.3, 0.4) is 0 Å². The lowest BCUT2D eigenvalue weighted by molar-refractivity contribution is -0.127. The van der Waals surface area contributed by atoms with Crippen LogP contribution >= 0.6 is 0 Å². The summed E-state index contributed by atoms with van der Waals surface area (Å²) >= 11 is 0. The van der Waals surface area contributed by atoms with Gasteiger partial charge in [-0.3, -0.25) is 9.69 Å². The molecule has 2 fully saturated rings. The van der Waals surface area contributed by atoms with Crippen molar-refractivity contribution in [2.45, 2.75) is 44.2 Å². The number of nitrogens with zero attached hydrogens (tertiary/aromatic N) is 2. The van der Waals surface area contributed by atoms with Gasteiger partial charge in [0.2, 0.25) is 5.91 Å². The SMILES string of the molecule is Cc1ccc(C(NC(=O)[C@@H]2CC[C@@H](N3CCOCC3)C[C@H]2c2ccc(C#N)cc2)c2ccc(F)cc2)cc1. The highest BCUT2D eigenvalue weighted by Gasteiger charge is 2.39. The molecule has 1 heterocycles. The molecule has 0 spiro atoms. The number of hydrogen-bond donors (Lipinski definition) is 1. The number of aryl methyl sites for hydroxylation is 1. The summed E-state index contributed by atoms with van der Waals surface area (Å²) in [5, 5.41) is 12.6. The Morgan fingerprint density at radius 3 is 2.24 bits per heavy atom. The second-order valence-corrected chi connectivity index (χ2v) is 10.5. The van der Waals surface area contributed by atoms with Crippen LogP contribution in [0, 0.1) is 30.0 Å². The summed E-state index contributed by atoms with van der Waals surface area (Å²) in [4.78, 5) is 16.5. The molecule has 1 amide bonds. The number of halogens is 1. The zero-order valence-electron chi connectivity index (χ0n) is 21.8. The van der Waals surface area contributed by atoms with E-state index in [2.05, 4.69) is 16.3 Å². The maximum atomic E-state index is 14.0. The molecule has 1 N–H and O–H groups in total. The largest absolute Gasteiger partial charge is 0.379 e. The molecule has 0 bridgehead atoms. The lowest BCUT2D eigenvalue weighted by atomic mass is 9.72. The van der Waals surface area contributed by atoms with E-state index < -0.39 is 0 Å². The van der Waals surface area contributed by atoms with Gasteiger partial charge >= 0.3 is 0 Å². The van der Waals surface area contributed by atoms with Crippen LogP contribution in [0.15, 0.2) is 72.8 Å². The highest BCUT2D eigenvalue weighted by Crippen LogP contribution is 2.41. The maximum absolute atomic E-state index is 14.0. The molecule has 38 heavy (non-hydrogen) atoms. The summed E-state index contributed by atoms with van der Waals surface area (Å²) in [5.41, 5.74) is 4.66. The van der Waals surface area contributed by atoms with Gasteiger partial charge in [-0.15, -0.1) is 0 Å². The molecule has 1 saturated carbocycles. The Bertz CT molecular complexity index is 1220. The third-order valence-electron chi connectivity index (χ3n) is 8.09. The first-order chi connectivity index (χ1) is 18.5. The number of ether oxygens (including phenoxy) is 1. The molecule has 1 unspecified atom stereocenters. The van der Waals surface area contributed by atoms with Gasteiger partial charge < -0.3 is 10.1 Å². The molecule has 0 aromatic heterocycles. The van der Waals surface area contributed by atoms with E-state index in [-0.39, 0.29) is 29.6 Å².